The van der Waals surface area contributed by atoms with Gasteiger partial charge in [0, 0.05) is 17.5 Å². The number of benzene rings is 1. The first kappa shape index (κ1) is 7.35. The molecule has 1 aromatic rings. The van der Waals surface area contributed by atoms with Crippen LogP contribution in [0.5, 0.6) is 5.75 Å². The standard InChI is InChI=1S/C10H9FO/c1-6-2-3-8-9(6)4-7(11)5-10(8)12/h2-6,12H,1H3. The van der Waals surface area contributed by atoms with Crippen LogP contribution in [0.2, 0.25) is 0 Å². The van der Waals surface area contributed by atoms with Gasteiger partial charge in [-0.05, 0) is 11.6 Å². The first-order valence-electron chi connectivity index (χ1n) is 3.89. The van der Waals surface area contributed by atoms with Crippen molar-refractivity contribution in [3.63, 3.8) is 0 Å². The maximum atomic E-state index is 12.8. The lowest BCUT2D eigenvalue weighted by atomic mass is 10.0. The summed E-state index contributed by atoms with van der Waals surface area (Å²) < 4.78 is 12.8. The van der Waals surface area contributed by atoms with E-state index in [0.29, 0.717) is 0 Å². The molecule has 2 rings (SSSR count). The summed E-state index contributed by atoms with van der Waals surface area (Å²) in [6.07, 6.45) is 3.78. The molecule has 1 N–H and O–H groups in total. The first-order valence-corrected chi connectivity index (χ1v) is 3.89. The van der Waals surface area contributed by atoms with E-state index in [2.05, 4.69) is 0 Å². The molecule has 0 aliphatic heterocycles. The van der Waals surface area contributed by atoms with Gasteiger partial charge in [-0.2, -0.15) is 0 Å². The fourth-order valence-corrected chi connectivity index (χ4v) is 1.53. The minimum Gasteiger partial charge on any atom is -0.507 e. The van der Waals surface area contributed by atoms with Crippen molar-refractivity contribution in [2.24, 2.45) is 0 Å². The predicted octanol–water partition coefficient (Wildman–Crippen LogP) is 2.66. The highest BCUT2D eigenvalue weighted by molar-refractivity contribution is 5.67. The number of halogens is 1. The van der Waals surface area contributed by atoms with Crippen molar-refractivity contribution < 1.29 is 9.50 Å². The number of phenolic OH excluding ortho intramolecular Hbond substituents is 1. The first-order chi connectivity index (χ1) is 5.68. The highest BCUT2D eigenvalue weighted by atomic mass is 19.1. The molecule has 1 atom stereocenters. The van der Waals surface area contributed by atoms with Gasteiger partial charge < -0.3 is 5.11 Å². The van der Waals surface area contributed by atoms with Crippen molar-refractivity contribution in [2.75, 3.05) is 0 Å². The average Bonchev–Trinajstić information content (AvgIpc) is 2.33. The normalized spacial score (nSPS) is 19.7. The lowest BCUT2D eigenvalue weighted by molar-refractivity contribution is 0.467. The second-order valence-electron chi connectivity index (χ2n) is 3.08. The maximum Gasteiger partial charge on any atom is 0.127 e. The molecule has 0 spiro atoms. The van der Waals surface area contributed by atoms with Crippen LogP contribution < -0.4 is 0 Å². The molecule has 0 radical (unpaired) electrons. The summed E-state index contributed by atoms with van der Waals surface area (Å²) in [6, 6.07) is 2.61. The summed E-state index contributed by atoms with van der Waals surface area (Å²) in [6.45, 7) is 1.97. The number of fused-ring (bicyclic) bond motifs is 1. The van der Waals surface area contributed by atoms with Gasteiger partial charge in [0.05, 0.1) is 0 Å². The van der Waals surface area contributed by atoms with E-state index in [1.165, 1.54) is 6.07 Å². The zero-order valence-electron chi connectivity index (χ0n) is 6.71. The molecule has 0 saturated heterocycles. The van der Waals surface area contributed by atoms with Gasteiger partial charge in [-0.25, -0.2) is 4.39 Å². The molecule has 2 heteroatoms. The summed E-state index contributed by atoms with van der Waals surface area (Å²) in [5.74, 6) is -0.131. The minimum atomic E-state index is -0.373. The summed E-state index contributed by atoms with van der Waals surface area (Å²) in [5, 5.41) is 9.34. The Labute approximate surface area is 70.2 Å². The molecule has 0 bridgehead atoms. The van der Waals surface area contributed by atoms with E-state index < -0.39 is 0 Å². The molecule has 0 aromatic heterocycles. The zero-order valence-corrected chi connectivity index (χ0v) is 6.71. The third-order valence-electron chi connectivity index (χ3n) is 2.20. The van der Waals surface area contributed by atoms with Crippen LogP contribution in [0.25, 0.3) is 6.08 Å². The maximum absolute atomic E-state index is 12.8. The van der Waals surface area contributed by atoms with Gasteiger partial charge in [-0.1, -0.05) is 19.1 Å². The molecule has 1 nitrogen and oxygen atoms in total. The fraction of sp³-hybridized carbons (Fsp3) is 0.200. The molecule has 1 aromatic carbocycles. The van der Waals surface area contributed by atoms with Crippen LogP contribution in [0, 0.1) is 5.82 Å². The fourth-order valence-electron chi connectivity index (χ4n) is 1.53. The number of aromatic hydroxyl groups is 1. The van der Waals surface area contributed by atoms with Crippen LogP contribution >= 0.6 is 0 Å². The van der Waals surface area contributed by atoms with E-state index >= 15 is 0 Å². The molecule has 1 aliphatic rings. The van der Waals surface area contributed by atoms with Crippen LogP contribution in [0.4, 0.5) is 4.39 Å². The number of phenols is 1. The molecule has 1 aliphatic carbocycles. The Bertz CT molecular complexity index is 355. The smallest absolute Gasteiger partial charge is 0.127 e. The van der Waals surface area contributed by atoms with Gasteiger partial charge in [0.25, 0.3) is 0 Å². The highest BCUT2D eigenvalue weighted by Gasteiger charge is 2.16. The Hall–Kier alpha value is -1.31. The van der Waals surface area contributed by atoms with Gasteiger partial charge in [0.2, 0.25) is 0 Å². The van der Waals surface area contributed by atoms with E-state index in [-0.39, 0.29) is 17.5 Å². The Morgan fingerprint density at radius 3 is 2.92 bits per heavy atom. The molecular formula is C10H9FO. The molecule has 62 valence electrons. The Kier molecular flexibility index (Phi) is 1.43. The number of hydrogen-bond donors (Lipinski definition) is 1. The molecule has 0 saturated carbocycles. The predicted molar refractivity (Wildman–Crippen MR) is 45.5 cm³/mol. The summed E-state index contributed by atoms with van der Waals surface area (Å²) in [4.78, 5) is 0. The molecule has 0 heterocycles. The van der Waals surface area contributed by atoms with Gasteiger partial charge in [0.15, 0.2) is 0 Å². The van der Waals surface area contributed by atoms with Crippen molar-refractivity contribution in [1.29, 1.82) is 0 Å². The van der Waals surface area contributed by atoms with Crippen LogP contribution in [0.3, 0.4) is 0 Å². The average molecular weight is 164 g/mol. The molecule has 1 unspecified atom stereocenters. The highest BCUT2D eigenvalue weighted by Crippen LogP contribution is 2.35. The molecular weight excluding hydrogens is 155 g/mol. The molecule has 12 heavy (non-hydrogen) atoms. The van der Waals surface area contributed by atoms with Crippen molar-refractivity contribution in [3.8, 4) is 5.75 Å². The summed E-state index contributed by atoms with van der Waals surface area (Å²) in [5.41, 5.74) is 1.62. The lowest BCUT2D eigenvalue weighted by Crippen LogP contribution is -1.89. The largest absolute Gasteiger partial charge is 0.507 e. The SMILES string of the molecule is CC1C=Cc2c(O)cc(F)cc21. The zero-order chi connectivity index (χ0) is 8.72. The lowest BCUT2D eigenvalue weighted by Gasteiger charge is -2.05. The van der Waals surface area contributed by atoms with E-state index in [1.54, 1.807) is 0 Å². The third-order valence-corrected chi connectivity index (χ3v) is 2.20. The Morgan fingerprint density at radius 1 is 1.42 bits per heavy atom. The Morgan fingerprint density at radius 2 is 2.17 bits per heavy atom. The van der Waals surface area contributed by atoms with Crippen LogP contribution in [0.15, 0.2) is 18.2 Å². The summed E-state index contributed by atoms with van der Waals surface area (Å²) >= 11 is 0. The topological polar surface area (TPSA) is 20.2 Å². The Balaban J connectivity index is 2.66. The van der Waals surface area contributed by atoms with Crippen LogP contribution in [-0.2, 0) is 0 Å². The van der Waals surface area contributed by atoms with Crippen LogP contribution in [0.1, 0.15) is 24.0 Å². The molecule has 0 fully saturated rings. The monoisotopic (exact) mass is 164 g/mol. The number of rotatable bonds is 0. The van der Waals surface area contributed by atoms with E-state index in [9.17, 15) is 9.50 Å². The third kappa shape index (κ3) is 0.916. The quantitative estimate of drug-likeness (QED) is 0.625. The molecule has 0 amide bonds. The van der Waals surface area contributed by atoms with E-state index in [1.807, 2.05) is 19.1 Å². The van der Waals surface area contributed by atoms with Gasteiger partial charge in [-0.15, -0.1) is 0 Å². The van der Waals surface area contributed by atoms with Crippen molar-refractivity contribution in [1.82, 2.24) is 0 Å². The number of hydrogen-bond acceptors (Lipinski definition) is 1. The minimum absolute atomic E-state index is 0.0330. The van der Waals surface area contributed by atoms with Gasteiger partial charge >= 0.3 is 0 Å². The van der Waals surface area contributed by atoms with Crippen molar-refractivity contribution >= 4 is 6.08 Å². The van der Waals surface area contributed by atoms with Crippen molar-refractivity contribution in [2.45, 2.75) is 12.8 Å². The van der Waals surface area contributed by atoms with Crippen LogP contribution in [-0.4, -0.2) is 5.11 Å². The van der Waals surface area contributed by atoms with Gasteiger partial charge in [0.1, 0.15) is 11.6 Å². The number of allylic oxidation sites excluding steroid dienone is 1. The second kappa shape index (κ2) is 2.34. The van der Waals surface area contributed by atoms with E-state index in [4.69, 9.17) is 0 Å². The van der Waals surface area contributed by atoms with Gasteiger partial charge in [-0.3, -0.25) is 0 Å². The summed E-state index contributed by atoms with van der Waals surface area (Å²) in [7, 11) is 0. The second-order valence-corrected chi connectivity index (χ2v) is 3.08. The van der Waals surface area contributed by atoms with E-state index in [0.717, 1.165) is 17.2 Å². The van der Waals surface area contributed by atoms with Crippen molar-refractivity contribution in [3.05, 3.63) is 35.2 Å².